The van der Waals surface area contributed by atoms with Crippen LogP contribution in [0.5, 0.6) is 0 Å². The topological polar surface area (TPSA) is 80.3 Å². The van der Waals surface area contributed by atoms with Crippen molar-refractivity contribution in [2.75, 3.05) is 6.54 Å². The number of aryl methyl sites for hydroxylation is 2. The normalized spacial score (nSPS) is 11.8. The second kappa shape index (κ2) is 11.9. The largest absolute Gasteiger partial charge is 0.443 e. The van der Waals surface area contributed by atoms with Crippen LogP contribution in [0.4, 0.5) is 0 Å². The molecule has 1 aromatic carbocycles. The number of nitrogens with zero attached hydrogens (tertiary/aromatic N) is 4. The molecule has 168 valence electrons. The summed E-state index contributed by atoms with van der Waals surface area (Å²) in [6.07, 6.45) is 6.60. The van der Waals surface area contributed by atoms with Gasteiger partial charge in [-0.05, 0) is 18.9 Å². The van der Waals surface area contributed by atoms with E-state index in [0.29, 0.717) is 24.9 Å². The van der Waals surface area contributed by atoms with Gasteiger partial charge in [-0.15, -0.1) is 24.0 Å². The summed E-state index contributed by atoms with van der Waals surface area (Å²) in [6, 6.07) is 10.5. The second-order valence-electron chi connectivity index (χ2n) is 8.19. The highest BCUT2D eigenvalue weighted by Gasteiger charge is 2.19. The van der Waals surface area contributed by atoms with Gasteiger partial charge in [0.25, 0.3) is 0 Å². The van der Waals surface area contributed by atoms with Crippen LogP contribution in [-0.2, 0) is 31.5 Å². The molecule has 2 heterocycles. The summed E-state index contributed by atoms with van der Waals surface area (Å²) in [5.41, 5.74) is 1.26. The smallest absolute Gasteiger partial charge is 0.213 e. The predicted molar refractivity (Wildman–Crippen MR) is 135 cm³/mol. The number of imidazole rings is 1. The van der Waals surface area contributed by atoms with Gasteiger partial charge in [0.05, 0.1) is 12.7 Å². The van der Waals surface area contributed by atoms with Gasteiger partial charge < -0.3 is 19.6 Å². The van der Waals surface area contributed by atoms with E-state index in [1.807, 2.05) is 25.4 Å². The molecule has 0 fully saturated rings. The fraction of sp³-hybridized carbons (Fsp3) is 0.435. The summed E-state index contributed by atoms with van der Waals surface area (Å²) in [7, 11) is 0. The van der Waals surface area contributed by atoms with Crippen molar-refractivity contribution in [3.05, 3.63) is 72.0 Å². The van der Waals surface area contributed by atoms with Crippen molar-refractivity contribution in [1.29, 1.82) is 0 Å². The zero-order chi connectivity index (χ0) is 21.4. The number of aromatic nitrogens is 3. The average molecular weight is 536 g/mol. The van der Waals surface area contributed by atoms with Gasteiger partial charge in [-0.1, -0.05) is 51.1 Å². The number of hydrogen-bond donors (Lipinski definition) is 2. The number of oxazole rings is 1. The van der Waals surface area contributed by atoms with E-state index in [2.05, 4.69) is 75.2 Å². The fourth-order valence-electron chi connectivity index (χ4n) is 2.98. The Balaban J connectivity index is 0.00000341. The molecule has 3 aromatic rings. The lowest BCUT2D eigenvalue weighted by molar-refractivity contribution is 0.379. The maximum atomic E-state index is 5.85. The maximum Gasteiger partial charge on any atom is 0.213 e. The number of guanidine groups is 1. The lowest BCUT2D eigenvalue weighted by Crippen LogP contribution is -2.37. The van der Waals surface area contributed by atoms with Gasteiger partial charge in [-0.2, -0.15) is 0 Å². The Bertz CT molecular complexity index is 942. The molecule has 2 aromatic heterocycles. The van der Waals surface area contributed by atoms with Gasteiger partial charge in [0, 0.05) is 30.9 Å². The van der Waals surface area contributed by atoms with Gasteiger partial charge in [0.1, 0.15) is 18.1 Å². The third-order valence-electron chi connectivity index (χ3n) is 4.71. The molecular weight excluding hydrogens is 503 g/mol. The van der Waals surface area contributed by atoms with Crippen molar-refractivity contribution in [3.63, 3.8) is 0 Å². The summed E-state index contributed by atoms with van der Waals surface area (Å²) in [5, 5.41) is 6.55. The third-order valence-corrected chi connectivity index (χ3v) is 4.71. The van der Waals surface area contributed by atoms with Crippen molar-refractivity contribution >= 4 is 29.9 Å². The molecule has 0 saturated carbocycles. The van der Waals surface area contributed by atoms with E-state index in [9.17, 15) is 0 Å². The number of rotatable bonds is 8. The molecule has 0 aliphatic rings. The van der Waals surface area contributed by atoms with Crippen molar-refractivity contribution in [2.45, 2.75) is 59.2 Å². The summed E-state index contributed by atoms with van der Waals surface area (Å²) in [4.78, 5) is 13.5. The predicted octanol–water partition coefficient (Wildman–Crippen LogP) is 4.28. The first-order valence-electron chi connectivity index (χ1n) is 10.5. The van der Waals surface area contributed by atoms with E-state index >= 15 is 0 Å². The summed E-state index contributed by atoms with van der Waals surface area (Å²) in [6.45, 7) is 11.0. The molecular formula is C23H33IN6O. The Morgan fingerprint density at radius 1 is 1.13 bits per heavy atom. The molecule has 7 nitrogen and oxygen atoms in total. The van der Waals surface area contributed by atoms with E-state index in [1.165, 1.54) is 5.56 Å². The first kappa shape index (κ1) is 24.9. The molecule has 8 heteroatoms. The number of halogens is 1. The van der Waals surface area contributed by atoms with Crippen molar-refractivity contribution in [2.24, 2.45) is 4.99 Å². The highest BCUT2D eigenvalue weighted by atomic mass is 127. The molecule has 0 aliphatic heterocycles. The van der Waals surface area contributed by atoms with Crippen LogP contribution in [0.2, 0.25) is 0 Å². The average Bonchev–Trinajstić information content (AvgIpc) is 3.38. The molecule has 0 spiro atoms. The summed E-state index contributed by atoms with van der Waals surface area (Å²) >= 11 is 0. The lowest BCUT2D eigenvalue weighted by atomic mass is 9.94. The SMILES string of the molecule is CCNC(=NCc1nccn1CCc1ccccc1)NCc1ncc(C(C)(C)C)o1.I. The van der Waals surface area contributed by atoms with E-state index in [4.69, 9.17) is 4.42 Å². The molecule has 0 atom stereocenters. The number of aliphatic imine (C=N–C) groups is 1. The number of nitrogens with one attached hydrogen (secondary N) is 2. The van der Waals surface area contributed by atoms with Crippen LogP contribution in [0.15, 0.2) is 58.3 Å². The standard InChI is InChI=1S/C23H32N6O.HI/c1-5-24-22(28-17-21-26-15-19(30-21)23(2,3)4)27-16-20-25-12-14-29(20)13-11-18-9-7-6-8-10-18;/h6-10,12,14-15H,5,11,13,16-17H2,1-4H3,(H2,24,27,28);1H. The van der Waals surface area contributed by atoms with Crippen LogP contribution in [0.25, 0.3) is 0 Å². The number of benzene rings is 1. The molecule has 0 unspecified atom stereocenters. The summed E-state index contributed by atoms with van der Waals surface area (Å²) < 4.78 is 8.00. The number of hydrogen-bond acceptors (Lipinski definition) is 4. The van der Waals surface area contributed by atoms with Gasteiger partial charge >= 0.3 is 0 Å². The van der Waals surface area contributed by atoms with E-state index in [0.717, 1.165) is 31.1 Å². The zero-order valence-corrected chi connectivity index (χ0v) is 21.1. The van der Waals surface area contributed by atoms with Crippen molar-refractivity contribution in [1.82, 2.24) is 25.2 Å². The molecule has 3 rings (SSSR count). The minimum Gasteiger partial charge on any atom is -0.443 e. The molecule has 2 N–H and O–H groups in total. The van der Waals surface area contributed by atoms with Gasteiger partial charge in [0.15, 0.2) is 5.96 Å². The Labute approximate surface area is 201 Å². The van der Waals surface area contributed by atoms with Crippen LogP contribution in [0.3, 0.4) is 0 Å². The first-order chi connectivity index (χ1) is 14.5. The van der Waals surface area contributed by atoms with Crippen LogP contribution in [0, 0.1) is 0 Å². The Hall–Kier alpha value is -2.36. The summed E-state index contributed by atoms with van der Waals surface area (Å²) in [5.74, 6) is 3.18. The highest BCUT2D eigenvalue weighted by molar-refractivity contribution is 14.0. The Kier molecular flexibility index (Phi) is 9.54. The maximum absolute atomic E-state index is 5.85. The van der Waals surface area contributed by atoms with E-state index < -0.39 is 0 Å². The minimum absolute atomic E-state index is 0. The molecule has 31 heavy (non-hydrogen) atoms. The Morgan fingerprint density at radius 3 is 2.58 bits per heavy atom. The molecule has 0 radical (unpaired) electrons. The fourth-order valence-corrected chi connectivity index (χ4v) is 2.98. The monoisotopic (exact) mass is 536 g/mol. The van der Waals surface area contributed by atoms with Gasteiger partial charge in [-0.3, -0.25) is 0 Å². The molecule has 0 amide bonds. The molecule has 0 aliphatic carbocycles. The zero-order valence-electron chi connectivity index (χ0n) is 18.8. The minimum atomic E-state index is -0.0549. The Morgan fingerprint density at radius 2 is 1.90 bits per heavy atom. The van der Waals surface area contributed by atoms with Gasteiger partial charge in [0.2, 0.25) is 5.89 Å². The van der Waals surface area contributed by atoms with Crippen LogP contribution >= 0.6 is 24.0 Å². The molecule has 0 bridgehead atoms. The van der Waals surface area contributed by atoms with Crippen molar-refractivity contribution < 1.29 is 4.42 Å². The quantitative estimate of drug-likeness (QED) is 0.255. The lowest BCUT2D eigenvalue weighted by Gasteiger charge is -2.13. The van der Waals surface area contributed by atoms with Gasteiger partial charge in [-0.25, -0.2) is 15.0 Å². The van der Waals surface area contributed by atoms with Crippen molar-refractivity contribution in [3.8, 4) is 0 Å². The van der Waals surface area contributed by atoms with Crippen LogP contribution < -0.4 is 10.6 Å². The molecule has 0 saturated heterocycles. The second-order valence-corrected chi connectivity index (χ2v) is 8.19. The first-order valence-corrected chi connectivity index (χ1v) is 10.5. The highest BCUT2D eigenvalue weighted by Crippen LogP contribution is 2.22. The van der Waals surface area contributed by atoms with Crippen LogP contribution in [0.1, 0.15) is 50.7 Å². The van der Waals surface area contributed by atoms with E-state index in [1.54, 1.807) is 6.20 Å². The van der Waals surface area contributed by atoms with Crippen LogP contribution in [-0.4, -0.2) is 27.0 Å². The third kappa shape index (κ3) is 7.68. The van der Waals surface area contributed by atoms with E-state index in [-0.39, 0.29) is 29.4 Å².